The third kappa shape index (κ3) is 1.57. The molecular weight excluding hydrogens is 170 g/mol. The van der Waals surface area contributed by atoms with Crippen LogP contribution in [0.5, 0.6) is 0 Å². The van der Waals surface area contributed by atoms with Gasteiger partial charge in [-0.05, 0) is 0 Å². The second-order valence-corrected chi connectivity index (χ2v) is 2.67. The minimum atomic E-state index is -1.88. The van der Waals surface area contributed by atoms with E-state index in [1.54, 1.807) is 0 Å². The van der Waals surface area contributed by atoms with Gasteiger partial charge in [-0.1, -0.05) is 0 Å². The molecule has 1 saturated heterocycles. The molecule has 6 heteroatoms. The van der Waals surface area contributed by atoms with Crippen LogP contribution in [0.25, 0.3) is 0 Å². The molecule has 5 nitrogen and oxygen atoms in total. The van der Waals surface area contributed by atoms with Crippen molar-refractivity contribution in [2.75, 3.05) is 6.61 Å². The first-order valence-corrected chi connectivity index (χ1v) is 3.52. The van der Waals surface area contributed by atoms with Gasteiger partial charge in [0.25, 0.3) is 0 Å². The lowest BCUT2D eigenvalue weighted by Crippen LogP contribution is -2.56. The SMILES string of the molecule is OC[C@H]1OC(O)[C@H](O)[C@@H](O)[C@H]1[18F]. The zero-order valence-electron chi connectivity index (χ0n) is 6.17. The Balaban J connectivity index is 2.63. The molecule has 1 fully saturated rings. The first-order chi connectivity index (χ1) is 5.57. The summed E-state index contributed by atoms with van der Waals surface area (Å²) in [6.45, 7) is -0.651. The molecule has 1 aliphatic heterocycles. The summed E-state index contributed by atoms with van der Waals surface area (Å²) in [5.74, 6) is 0. The highest BCUT2D eigenvalue weighted by atomic mass is 18.2. The van der Waals surface area contributed by atoms with E-state index in [-0.39, 0.29) is 0 Å². The predicted molar refractivity (Wildman–Crippen MR) is 34.9 cm³/mol. The topological polar surface area (TPSA) is 90.2 Å². The highest BCUT2D eigenvalue weighted by Gasteiger charge is 2.43. The zero-order valence-corrected chi connectivity index (χ0v) is 6.17. The number of ether oxygens (including phenoxy) is 1. The van der Waals surface area contributed by atoms with Gasteiger partial charge >= 0.3 is 0 Å². The Hall–Kier alpha value is -0.270. The number of hydrogen-bond donors (Lipinski definition) is 4. The van der Waals surface area contributed by atoms with Crippen molar-refractivity contribution >= 4 is 0 Å². The lowest BCUT2D eigenvalue weighted by Gasteiger charge is -2.36. The Morgan fingerprint density at radius 2 is 1.75 bits per heavy atom. The number of aliphatic hydroxyl groups is 4. The van der Waals surface area contributed by atoms with Crippen molar-refractivity contribution in [2.24, 2.45) is 0 Å². The van der Waals surface area contributed by atoms with E-state index in [0.717, 1.165) is 0 Å². The van der Waals surface area contributed by atoms with Crippen LogP contribution in [0.4, 0.5) is 4.39 Å². The first-order valence-electron chi connectivity index (χ1n) is 3.52. The van der Waals surface area contributed by atoms with Crippen LogP contribution in [0.15, 0.2) is 0 Å². The van der Waals surface area contributed by atoms with Gasteiger partial charge in [-0.2, -0.15) is 0 Å². The molecule has 0 aromatic carbocycles. The summed E-state index contributed by atoms with van der Waals surface area (Å²) < 4.78 is 17.3. The van der Waals surface area contributed by atoms with Crippen molar-refractivity contribution in [3.05, 3.63) is 0 Å². The second kappa shape index (κ2) is 3.63. The van der Waals surface area contributed by atoms with E-state index in [0.29, 0.717) is 0 Å². The summed E-state index contributed by atoms with van der Waals surface area (Å²) in [4.78, 5) is 0. The van der Waals surface area contributed by atoms with Gasteiger partial charge < -0.3 is 25.2 Å². The van der Waals surface area contributed by atoms with Gasteiger partial charge in [-0.25, -0.2) is 4.39 Å². The minimum absolute atomic E-state index is 0.651. The Bertz CT molecular complexity index is 150. The molecule has 1 rings (SSSR count). The zero-order chi connectivity index (χ0) is 9.30. The van der Waals surface area contributed by atoms with E-state index < -0.39 is 37.4 Å². The summed E-state index contributed by atoms with van der Waals surface area (Å²) >= 11 is 0. The third-order valence-electron chi connectivity index (χ3n) is 1.82. The van der Waals surface area contributed by atoms with E-state index in [4.69, 9.17) is 20.4 Å². The largest absolute Gasteiger partial charge is 0.394 e. The molecule has 12 heavy (non-hydrogen) atoms. The molecule has 5 atom stereocenters. The Morgan fingerprint density at radius 3 is 2.25 bits per heavy atom. The maximum Gasteiger partial charge on any atom is 0.184 e. The fourth-order valence-corrected chi connectivity index (χ4v) is 1.06. The molecule has 0 bridgehead atoms. The monoisotopic (exact) mass is 181 g/mol. The van der Waals surface area contributed by atoms with E-state index in [9.17, 15) is 4.39 Å². The number of hydrogen-bond acceptors (Lipinski definition) is 5. The second-order valence-electron chi connectivity index (χ2n) is 2.67. The Labute approximate surface area is 68.0 Å². The third-order valence-corrected chi connectivity index (χ3v) is 1.82. The quantitative estimate of drug-likeness (QED) is 0.367. The summed E-state index contributed by atoms with van der Waals surface area (Å²) in [5, 5.41) is 35.2. The number of rotatable bonds is 1. The van der Waals surface area contributed by atoms with Gasteiger partial charge in [0.05, 0.1) is 6.61 Å². The maximum atomic E-state index is 12.9. The number of aliphatic hydroxyl groups excluding tert-OH is 4. The molecule has 0 radical (unpaired) electrons. The highest BCUT2D eigenvalue weighted by Crippen LogP contribution is 2.21. The normalized spacial score (nSPS) is 49.2. The van der Waals surface area contributed by atoms with Gasteiger partial charge in [0.1, 0.15) is 18.3 Å². The summed E-state index contributed by atoms with van der Waals surface area (Å²) in [6.07, 6.45) is -8.19. The van der Waals surface area contributed by atoms with Crippen LogP contribution in [-0.2, 0) is 4.74 Å². The van der Waals surface area contributed by atoms with Gasteiger partial charge in [0.2, 0.25) is 0 Å². The van der Waals surface area contributed by atoms with Gasteiger partial charge in [-0.3, -0.25) is 0 Å². The average molecular weight is 181 g/mol. The van der Waals surface area contributed by atoms with Crippen LogP contribution in [0.2, 0.25) is 0 Å². The molecule has 4 N–H and O–H groups in total. The van der Waals surface area contributed by atoms with Crippen molar-refractivity contribution < 1.29 is 29.6 Å². The standard InChI is InChI=1S/C6H11FO5/c7-3-2(1-8)12-6(11)5(10)4(3)9/h2-6,8-11H,1H2/t2-,3+,4+,5-,6?/m1/s1/i7-1. The molecule has 72 valence electrons. The van der Waals surface area contributed by atoms with Gasteiger partial charge in [-0.15, -0.1) is 0 Å². The number of halogens is 1. The highest BCUT2D eigenvalue weighted by molar-refractivity contribution is 4.88. The van der Waals surface area contributed by atoms with Gasteiger partial charge in [0.15, 0.2) is 12.5 Å². The molecule has 1 unspecified atom stereocenters. The molecule has 1 aliphatic rings. The molecule has 0 spiro atoms. The summed E-state index contributed by atoms with van der Waals surface area (Å²) in [7, 11) is 0. The van der Waals surface area contributed by atoms with E-state index in [1.807, 2.05) is 0 Å². The summed E-state index contributed by atoms with van der Waals surface area (Å²) in [5.41, 5.74) is 0. The van der Waals surface area contributed by atoms with Crippen LogP contribution in [-0.4, -0.2) is 57.8 Å². The average Bonchev–Trinajstić information content (AvgIpc) is 2.08. The van der Waals surface area contributed by atoms with Crippen molar-refractivity contribution in [2.45, 2.75) is 30.8 Å². The lowest BCUT2D eigenvalue weighted by molar-refractivity contribution is -0.274. The van der Waals surface area contributed by atoms with Crippen molar-refractivity contribution in [1.29, 1.82) is 0 Å². The Kier molecular flexibility index (Phi) is 2.97. The van der Waals surface area contributed by atoms with Crippen LogP contribution >= 0.6 is 0 Å². The van der Waals surface area contributed by atoms with Crippen LogP contribution < -0.4 is 0 Å². The van der Waals surface area contributed by atoms with E-state index in [1.165, 1.54) is 0 Å². The lowest BCUT2D eigenvalue weighted by atomic mass is 10.0. The smallest absolute Gasteiger partial charge is 0.184 e. The molecule has 0 amide bonds. The van der Waals surface area contributed by atoms with E-state index >= 15 is 0 Å². The molecule has 0 aromatic rings. The molecular formula is C6H11FO5. The van der Waals surface area contributed by atoms with Crippen LogP contribution in [0.3, 0.4) is 0 Å². The summed E-state index contributed by atoms with van der Waals surface area (Å²) in [6, 6.07) is 0. The molecule has 0 aliphatic carbocycles. The fraction of sp³-hybridized carbons (Fsp3) is 1.00. The van der Waals surface area contributed by atoms with Crippen molar-refractivity contribution in [1.82, 2.24) is 0 Å². The van der Waals surface area contributed by atoms with Crippen LogP contribution in [0.1, 0.15) is 0 Å². The van der Waals surface area contributed by atoms with Crippen molar-refractivity contribution in [3.63, 3.8) is 0 Å². The van der Waals surface area contributed by atoms with Gasteiger partial charge in [0, 0.05) is 0 Å². The first kappa shape index (κ1) is 9.82. The molecule has 1 heterocycles. The molecule has 0 aromatic heterocycles. The maximum absolute atomic E-state index is 12.9. The van der Waals surface area contributed by atoms with Crippen LogP contribution in [0, 0.1) is 0 Å². The Morgan fingerprint density at radius 1 is 1.17 bits per heavy atom. The minimum Gasteiger partial charge on any atom is -0.394 e. The fourth-order valence-electron chi connectivity index (χ4n) is 1.06. The molecule has 0 saturated carbocycles. The van der Waals surface area contributed by atoms with Crippen molar-refractivity contribution in [3.8, 4) is 0 Å². The van der Waals surface area contributed by atoms with E-state index in [2.05, 4.69) is 4.74 Å². The predicted octanol–water partition coefficient (Wildman–Crippen LogP) is -2.24. The number of alkyl halides is 1.